The van der Waals surface area contributed by atoms with Crippen LogP contribution in [0.25, 0.3) is 0 Å². The quantitative estimate of drug-likeness (QED) is 0.709. The summed E-state index contributed by atoms with van der Waals surface area (Å²) in [6, 6.07) is 5.75. The number of benzene rings is 1. The van der Waals surface area contributed by atoms with Crippen molar-refractivity contribution in [1.29, 1.82) is 0 Å². The summed E-state index contributed by atoms with van der Waals surface area (Å²) in [5.74, 6) is 1.50. The maximum atomic E-state index is 11.4. The highest BCUT2D eigenvalue weighted by molar-refractivity contribution is 5.69. The minimum Gasteiger partial charge on any atom is -0.497 e. The molecule has 0 aliphatic heterocycles. The van der Waals surface area contributed by atoms with E-state index < -0.39 is 0 Å². The highest BCUT2D eigenvalue weighted by atomic mass is 16.5. The molecule has 1 atom stereocenters. The van der Waals surface area contributed by atoms with E-state index in [1.807, 2.05) is 25.1 Å². The van der Waals surface area contributed by atoms with Gasteiger partial charge in [0.2, 0.25) is 0 Å². The average Bonchev–Trinajstić information content (AvgIpc) is 2.51. The van der Waals surface area contributed by atoms with Crippen molar-refractivity contribution in [2.75, 3.05) is 27.4 Å². The molecule has 0 fully saturated rings. The number of hydrogen-bond acceptors (Lipinski definition) is 5. The zero-order chi connectivity index (χ0) is 15.7. The van der Waals surface area contributed by atoms with Crippen molar-refractivity contribution in [3.63, 3.8) is 0 Å². The standard InChI is InChI=1S/C16H25NO4/c1-4-21-16(18)7-5-6-12(11-17)13-8-14(19-2)10-15(9-13)20-3/h8-10,12H,4-7,11,17H2,1-3H3. The second-order valence-electron chi connectivity index (χ2n) is 4.78. The minimum atomic E-state index is -0.156. The summed E-state index contributed by atoms with van der Waals surface area (Å²) in [6.45, 7) is 2.74. The average molecular weight is 295 g/mol. The molecule has 1 aromatic carbocycles. The smallest absolute Gasteiger partial charge is 0.305 e. The number of rotatable bonds is 9. The predicted molar refractivity (Wildman–Crippen MR) is 81.8 cm³/mol. The zero-order valence-electron chi connectivity index (χ0n) is 13.1. The van der Waals surface area contributed by atoms with Crippen LogP contribution in [0.3, 0.4) is 0 Å². The van der Waals surface area contributed by atoms with Crippen molar-refractivity contribution < 1.29 is 19.0 Å². The molecule has 0 radical (unpaired) electrons. The summed E-state index contributed by atoms with van der Waals surface area (Å²) in [5, 5.41) is 0. The number of carbonyl (C=O) groups excluding carboxylic acids is 1. The van der Waals surface area contributed by atoms with Gasteiger partial charge in [-0.15, -0.1) is 0 Å². The Morgan fingerprint density at radius 2 is 1.81 bits per heavy atom. The van der Waals surface area contributed by atoms with E-state index in [0.717, 1.165) is 29.9 Å². The number of hydrogen-bond donors (Lipinski definition) is 1. The van der Waals surface area contributed by atoms with Crippen molar-refractivity contribution in [3.05, 3.63) is 23.8 Å². The van der Waals surface area contributed by atoms with Crippen LogP contribution in [-0.4, -0.2) is 33.3 Å². The summed E-state index contributed by atoms with van der Waals surface area (Å²) in [4.78, 5) is 11.4. The molecule has 5 nitrogen and oxygen atoms in total. The Bertz CT molecular complexity index is 426. The van der Waals surface area contributed by atoms with Crippen molar-refractivity contribution in [1.82, 2.24) is 0 Å². The Kier molecular flexibility index (Phi) is 7.61. The fourth-order valence-electron chi connectivity index (χ4n) is 2.21. The molecule has 0 aliphatic rings. The Labute approximate surface area is 126 Å². The molecule has 0 saturated heterocycles. The third-order valence-electron chi connectivity index (χ3n) is 3.37. The predicted octanol–water partition coefficient (Wildman–Crippen LogP) is 2.48. The van der Waals surface area contributed by atoms with Crippen LogP contribution < -0.4 is 15.2 Å². The van der Waals surface area contributed by atoms with Crippen LogP contribution in [0, 0.1) is 0 Å². The highest BCUT2D eigenvalue weighted by Crippen LogP contribution is 2.29. The monoisotopic (exact) mass is 295 g/mol. The molecule has 0 aliphatic carbocycles. The van der Waals surface area contributed by atoms with E-state index in [1.54, 1.807) is 14.2 Å². The van der Waals surface area contributed by atoms with Crippen molar-refractivity contribution in [3.8, 4) is 11.5 Å². The molecule has 2 N–H and O–H groups in total. The van der Waals surface area contributed by atoms with E-state index in [-0.39, 0.29) is 11.9 Å². The summed E-state index contributed by atoms with van der Waals surface area (Å²) >= 11 is 0. The lowest BCUT2D eigenvalue weighted by Crippen LogP contribution is -2.14. The normalized spacial score (nSPS) is 11.8. The lowest BCUT2D eigenvalue weighted by molar-refractivity contribution is -0.143. The molecule has 1 rings (SSSR count). The van der Waals surface area contributed by atoms with Gasteiger partial charge in [0.1, 0.15) is 11.5 Å². The summed E-state index contributed by atoms with van der Waals surface area (Å²) in [7, 11) is 3.24. The van der Waals surface area contributed by atoms with Gasteiger partial charge >= 0.3 is 5.97 Å². The highest BCUT2D eigenvalue weighted by Gasteiger charge is 2.13. The maximum absolute atomic E-state index is 11.4. The van der Waals surface area contributed by atoms with Gasteiger partial charge in [0, 0.05) is 12.5 Å². The van der Waals surface area contributed by atoms with Gasteiger partial charge < -0.3 is 19.9 Å². The van der Waals surface area contributed by atoms with Gasteiger partial charge in [0.05, 0.1) is 20.8 Å². The fourth-order valence-corrected chi connectivity index (χ4v) is 2.21. The van der Waals surface area contributed by atoms with Gasteiger partial charge in [-0.25, -0.2) is 0 Å². The van der Waals surface area contributed by atoms with Crippen molar-refractivity contribution in [2.45, 2.75) is 32.1 Å². The first kappa shape index (κ1) is 17.3. The fraction of sp³-hybridized carbons (Fsp3) is 0.562. The van der Waals surface area contributed by atoms with Gasteiger partial charge in [0.15, 0.2) is 0 Å². The number of nitrogens with two attached hydrogens (primary N) is 1. The first-order valence-electron chi connectivity index (χ1n) is 7.23. The number of methoxy groups -OCH3 is 2. The molecule has 0 heterocycles. The van der Waals surface area contributed by atoms with Gasteiger partial charge in [-0.05, 0) is 49.9 Å². The zero-order valence-corrected chi connectivity index (χ0v) is 13.1. The van der Waals surface area contributed by atoms with E-state index in [4.69, 9.17) is 19.9 Å². The molecule has 5 heteroatoms. The maximum Gasteiger partial charge on any atom is 0.305 e. The number of ether oxygens (including phenoxy) is 3. The van der Waals surface area contributed by atoms with Crippen LogP contribution in [0.5, 0.6) is 11.5 Å². The van der Waals surface area contributed by atoms with Gasteiger partial charge in [-0.1, -0.05) is 0 Å². The van der Waals surface area contributed by atoms with Crippen LogP contribution in [0.1, 0.15) is 37.7 Å². The van der Waals surface area contributed by atoms with E-state index >= 15 is 0 Å². The Morgan fingerprint density at radius 3 is 2.29 bits per heavy atom. The van der Waals surface area contributed by atoms with Gasteiger partial charge in [-0.3, -0.25) is 4.79 Å². The molecule has 0 saturated carbocycles. The molecular weight excluding hydrogens is 270 g/mol. The topological polar surface area (TPSA) is 70.8 Å². The third kappa shape index (κ3) is 5.63. The molecule has 0 aromatic heterocycles. The summed E-state index contributed by atoms with van der Waals surface area (Å²) in [5.41, 5.74) is 6.93. The first-order valence-corrected chi connectivity index (χ1v) is 7.23. The largest absolute Gasteiger partial charge is 0.497 e. The lowest BCUT2D eigenvalue weighted by atomic mass is 9.93. The van der Waals surface area contributed by atoms with Crippen LogP contribution in [0.4, 0.5) is 0 Å². The van der Waals surface area contributed by atoms with Crippen LogP contribution in [0.2, 0.25) is 0 Å². The molecular formula is C16H25NO4. The third-order valence-corrected chi connectivity index (χ3v) is 3.37. The Morgan fingerprint density at radius 1 is 1.19 bits per heavy atom. The summed E-state index contributed by atoms with van der Waals surface area (Å²) in [6.07, 6.45) is 2.00. The minimum absolute atomic E-state index is 0.156. The van der Waals surface area contributed by atoms with Gasteiger partial charge in [0.25, 0.3) is 0 Å². The van der Waals surface area contributed by atoms with E-state index in [0.29, 0.717) is 19.6 Å². The summed E-state index contributed by atoms with van der Waals surface area (Å²) < 4.78 is 15.5. The van der Waals surface area contributed by atoms with Crippen molar-refractivity contribution in [2.24, 2.45) is 5.73 Å². The molecule has 0 amide bonds. The van der Waals surface area contributed by atoms with Crippen LogP contribution in [0.15, 0.2) is 18.2 Å². The molecule has 1 unspecified atom stereocenters. The second kappa shape index (κ2) is 9.23. The van der Waals surface area contributed by atoms with Crippen LogP contribution in [-0.2, 0) is 9.53 Å². The van der Waals surface area contributed by atoms with Crippen molar-refractivity contribution >= 4 is 5.97 Å². The van der Waals surface area contributed by atoms with E-state index in [2.05, 4.69) is 0 Å². The van der Waals surface area contributed by atoms with Crippen LogP contribution >= 0.6 is 0 Å². The molecule has 21 heavy (non-hydrogen) atoms. The van der Waals surface area contributed by atoms with E-state index in [9.17, 15) is 4.79 Å². The molecule has 0 spiro atoms. The van der Waals surface area contributed by atoms with E-state index in [1.165, 1.54) is 0 Å². The SMILES string of the molecule is CCOC(=O)CCCC(CN)c1cc(OC)cc(OC)c1. The molecule has 0 bridgehead atoms. The molecule has 1 aromatic rings. The number of carbonyl (C=O) groups is 1. The first-order chi connectivity index (χ1) is 10.1. The molecule has 118 valence electrons. The van der Waals surface area contributed by atoms with Gasteiger partial charge in [-0.2, -0.15) is 0 Å². The second-order valence-corrected chi connectivity index (χ2v) is 4.78. The number of esters is 1. The lowest BCUT2D eigenvalue weighted by Gasteiger charge is -2.17. The Balaban J connectivity index is 2.68. The Hall–Kier alpha value is -1.75.